The van der Waals surface area contributed by atoms with Crippen LogP contribution in [0.1, 0.15) is 18.4 Å². The average molecular weight is 276 g/mol. The van der Waals surface area contributed by atoms with Gasteiger partial charge >= 0.3 is 0 Å². The summed E-state index contributed by atoms with van der Waals surface area (Å²) in [6.45, 7) is 4.82. The van der Waals surface area contributed by atoms with Gasteiger partial charge in [0.25, 0.3) is 0 Å². The van der Waals surface area contributed by atoms with Crippen LogP contribution in [0.25, 0.3) is 0 Å². The van der Waals surface area contributed by atoms with Gasteiger partial charge in [0.15, 0.2) is 5.96 Å². The van der Waals surface area contributed by atoms with Crippen molar-refractivity contribution in [3.8, 4) is 0 Å². The highest BCUT2D eigenvalue weighted by atomic mass is 16.5. The standard InChI is InChI=1S/C15H24N4O/c1-16-14(17-9-13-3-6-18(2)10-13)19-7-4-15(11-19)5-8-20-12-15/h3,6,10H,4-5,7-9,11-12H2,1-2H3,(H,16,17). The Labute approximate surface area is 120 Å². The van der Waals surface area contributed by atoms with Crippen LogP contribution in [0.3, 0.4) is 0 Å². The highest BCUT2D eigenvalue weighted by molar-refractivity contribution is 5.80. The predicted octanol–water partition coefficient (Wildman–Crippen LogP) is 1.21. The number of nitrogens with one attached hydrogen (secondary N) is 1. The van der Waals surface area contributed by atoms with Crippen molar-refractivity contribution in [2.75, 3.05) is 33.4 Å². The molecule has 2 saturated heterocycles. The van der Waals surface area contributed by atoms with Crippen LogP contribution in [0, 0.1) is 5.41 Å². The van der Waals surface area contributed by atoms with Crippen molar-refractivity contribution in [2.45, 2.75) is 19.4 Å². The number of ether oxygens (including phenoxy) is 1. The molecular formula is C15H24N4O. The van der Waals surface area contributed by atoms with Crippen molar-refractivity contribution >= 4 is 5.96 Å². The molecule has 110 valence electrons. The summed E-state index contributed by atoms with van der Waals surface area (Å²) in [6.07, 6.45) is 6.62. The molecule has 0 radical (unpaired) electrons. The summed E-state index contributed by atoms with van der Waals surface area (Å²) in [7, 11) is 3.91. The minimum absolute atomic E-state index is 0.379. The van der Waals surface area contributed by atoms with E-state index in [4.69, 9.17) is 4.74 Å². The molecule has 0 amide bonds. The van der Waals surface area contributed by atoms with Gasteiger partial charge in [-0.15, -0.1) is 0 Å². The van der Waals surface area contributed by atoms with Crippen LogP contribution in [-0.4, -0.2) is 48.8 Å². The molecule has 1 unspecified atom stereocenters. The summed E-state index contributed by atoms with van der Waals surface area (Å²) in [5, 5.41) is 3.47. The van der Waals surface area contributed by atoms with Crippen molar-refractivity contribution in [2.24, 2.45) is 17.5 Å². The average Bonchev–Trinajstić information content (AvgIpc) is 3.15. The number of hydrogen-bond acceptors (Lipinski definition) is 2. The fourth-order valence-electron chi connectivity index (χ4n) is 3.27. The van der Waals surface area contributed by atoms with E-state index in [9.17, 15) is 0 Å². The van der Waals surface area contributed by atoms with Gasteiger partial charge in [0.1, 0.15) is 0 Å². The first-order chi connectivity index (χ1) is 9.71. The minimum Gasteiger partial charge on any atom is -0.381 e. The fraction of sp³-hybridized carbons (Fsp3) is 0.667. The van der Waals surface area contributed by atoms with Crippen molar-refractivity contribution < 1.29 is 4.74 Å². The zero-order chi connectivity index (χ0) is 14.0. The molecule has 1 N–H and O–H groups in total. The van der Waals surface area contributed by atoms with E-state index >= 15 is 0 Å². The Hall–Kier alpha value is -1.49. The van der Waals surface area contributed by atoms with E-state index < -0.39 is 0 Å². The highest BCUT2D eigenvalue weighted by Crippen LogP contribution is 2.38. The zero-order valence-electron chi connectivity index (χ0n) is 12.4. The Morgan fingerprint density at radius 2 is 2.40 bits per heavy atom. The van der Waals surface area contributed by atoms with E-state index in [1.54, 1.807) is 0 Å². The maximum absolute atomic E-state index is 5.59. The van der Waals surface area contributed by atoms with E-state index in [1.165, 1.54) is 18.4 Å². The van der Waals surface area contributed by atoms with Gasteiger partial charge in [-0.05, 0) is 24.5 Å². The van der Waals surface area contributed by atoms with Crippen molar-refractivity contribution in [1.82, 2.24) is 14.8 Å². The van der Waals surface area contributed by atoms with Gasteiger partial charge in [-0.2, -0.15) is 0 Å². The molecule has 0 saturated carbocycles. The zero-order valence-corrected chi connectivity index (χ0v) is 12.4. The molecule has 2 fully saturated rings. The number of nitrogens with zero attached hydrogens (tertiary/aromatic N) is 3. The first-order valence-corrected chi connectivity index (χ1v) is 7.35. The third kappa shape index (κ3) is 2.68. The number of hydrogen-bond donors (Lipinski definition) is 1. The summed E-state index contributed by atoms with van der Waals surface area (Å²) in [5.74, 6) is 1.01. The lowest BCUT2D eigenvalue weighted by atomic mass is 9.87. The second-order valence-corrected chi connectivity index (χ2v) is 6.06. The molecule has 1 spiro atoms. The smallest absolute Gasteiger partial charge is 0.193 e. The van der Waals surface area contributed by atoms with Crippen LogP contribution < -0.4 is 5.32 Å². The molecule has 3 heterocycles. The summed E-state index contributed by atoms with van der Waals surface area (Å²) in [4.78, 5) is 6.80. The number of rotatable bonds is 2. The van der Waals surface area contributed by atoms with E-state index in [-0.39, 0.29) is 0 Å². The number of likely N-dealkylation sites (tertiary alicyclic amines) is 1. The molecule has 1 atom stereocenters. The summed E-state index contributed by atoms with van der Waals surface area (Å²) >= 11 is 0. The summed E-state index contributed by atoms with van der Waals surface area (Å²) < 4.78 is 7.66. The molecule has 3 rings (SSSR count). The Morgan fingerprint density at radius 1 is 1.50 bits per heavy atom. The molecule has 1 aromatic rings. The Morgan fingerprint density at radius 3 is 3.05 bits per heavy atom. The third-order valence-corrected chi connectivity index (χ3v) is 4.48. The Bertz CT molecular complexity index is 488. The van der Waals surface area contributed by atoms with Crippen molar-refractivity contribution in [3.05, 3.63) is 24.0 Å². The van der Waals surface area contributed by atoms with Gasteiger partial charge in [-0.25, -0.2) is 0 Å². The van der Waals surface area contributed by atoms with Crippen LogP contribution in [0.4, 0.5) is 0 Å². The van der Waals surface area contributed by atoms with Gasteiger partial charge in [-0.1, -0.05) is 0 Å². The molecule has 5 nitrogen and oxygen atoms in total. The molecule has 20 heavy (non-hydrogen) atoms. The van der Waals surface area contributed by atoms with Crippen LogP contribution in [0.5, 0.6) is 0 Å². The topological polar surface area (TPSA) is 41.8 Å². The lowest BCUT2D eigenvalue weighted by Gasteiger charge is -2.24. The van der Waals surface area contributed by atoms with Gasteiger partial charge in [0.2, 0.25) is 0 Å². The van der Waals surface area contributed by atoms with Crippen LogP contribution in [0.15, 0.2) is 23.5 Å². The van der Waals surface area contributed by atoms with Gasteiger partial charge < -0.3 is 19.5 Å². The monoisotopic (exact) mass is 276 g/mol. The van der Waals surface area contributed by atoms with E-state index in [0.717, 1.165) is 38.8 Å². The molecule has 0 bridgehead atoms. The molecule has 0 aliphatic carbocycles. The normalized spacial score (nSPS) is 26.7. The second-order valence-electron chi connectivity index (χ2n) is 6.06. The lowest BCUT2D eigenvalue weighted by molar-refractivity contribution is 0.156. The number of aliphatic imine (C=N–C) groups is 1. The number of aryl methyl sites for hydroxylation is 1. The Kier molecular flexibility index (Phi) is 3.70. The minimum atomic E-state index is 0.379. The van der Waals surface area contributed by atoms with Crippen molar-refractivity contribution in [3.63, 3.8) is 0 Å². The first-order valence-electron chi connectivity index (χ1n) is 7.35. The highest BCUT2D eigenvalue weighted by Gasteiger charge is 2.42. The van der Waals surface area contributed by atoms with E-state index in [2.05, 4.69) is 38.2 Å². The SMILES string of the molecule is CN=C(NCc1ccn(C)c1)N1CCC2(CCOC2)C1. The molecular weight excluding hydrogens is 252 g/mol. The maximum Gasteiger partial charge on any atom is 0.193 e. The quantitative estimate of drug-likeness (QED) is 0.652. The van der Waals surface area contributed by atoms with Crippen LogP contribution in [0.2, 0.25) is 0 Å². The summed E-state index contributed by atoms with van der Waals surface area (Å²) in [5.41, 5.74) is 1.66. The lowest BCUT2D eigenvalue weighted by Crippen LogP contribution is -2.41. The van der Waals surface area contributed by atoms with Crippen LogP contribution >= 0.6 is 0 Å². The van der Waals surface area contributed by atoms with Crippen LogP contribution in [-0.2, 0) is 18.3 Å². The number of aromatic nitrogens is 1. The molecule has 1 aromatic heterocycles. The maximum atomic E-state index is 5.59. The fourth-order valence-corrected chi connectivity index (χ4v) is 3.27. The molecule has 5 heteroatoms. The molecule has 0 aromatic carbocycles. The summed E-state index contributed by atoms with van der Waals surface area (Å²) in [6, 6.07) is 2.14. The molecule has 2 aliphatic rings. The second kappa shape index (κ2) is 5.48. The predicted molar refractivity (Wildman–Crippen MR) is 79.7 cm³/mol. The van der Waals surface area contributed by atoms with Gasteiger partial charge in [0, 0.05) is 58.1 Å². The Balaban J connectivity index is 1.57. The van der Waals surface area contributed by atoms with E-state index in [0.29, 0.717) is 5.41 Å². The first kappa shape index (κ1) is 13.5. The van der Waals surface area contributed by atoms with Gasteiger partial charge in [-0.3, -0.25) is 4.99 Å². The largest absolute Gasteiger partial charge is 0.381 e. The van der Waals surface area contributed by atoms with Gasteiger partial charge in [0.05, 0.1) is 6.61 Å². The molecule has 2 aliphatic heterocycles. The third-order valence-electron chi connectivity index (χ3n) is 4.48. The van der Waals surface area contributed by atoms with E-state index in [1.807, 2.05) is 14.1 Å². The van der Waals surface area contributed by atoms with Crippen molar-refractivity contribution in [1.29, 1.82) is 0 Å². The number of guanidine groups is 1.